The fraction of sp³-hybridized carbons (Fsp3) is 0.217. The van der Waals surface area contributed by atoms with Gasteiger partial charge in [0.25, 0.3) is 5.91 Å². The number of carbonyl (C=O) groups is 1. The summed E-state index contributed by atoms with van der Waals surface area (Å²) in [6.45, 7) is 4.19. The maximum Gasteiger partial charge on any atom is 0.254 e. The number of amides is 1. The lowest BCUT2D eigenvalue weighted by molar-refractivity contribution is 0.0650. The van der Waals surface area contributed by atoms with Gasteiger partial charge in [0.05, 0.1) is 0 Å². The first-order valence-corrected chi connectivity index (χ1v) is 10.7. The molecule has 29 heavy (non-hydrogen) atoms. The van der Waals surface area contributed by atoms with E-state index >= 15 is 0 Å². The summed E-state index contributed by atoms with van der Waals surface area (Å²) in [5.41, 5.74) is 2.81. The summed E-state index contributed by atoms with van der Waals surface area (Å²) in [7, 11) is 0. The summed E-state index contributed by atoms with van der Waals surface area (Å²) < 4.78 is 0. The molecular weight excluding hydrogens is 380 g/mol. The summed E-state index contributed by atoms with van der Waals surface area (Å²) in [5.74, 6) is 0.0901. The van der Waals surface area contributed by atoms with Crippen molar-refractivity contribution in [2.24, 2.45) is 0 Å². The molecule has 1 N–H and O–H groups in total. The third kappa shape index (κ3) is 5.31. The monoisotopic (exact) mass is 404 g/mol. The number of anilines is 2. The second-order valence-electron chi connectivity index (χ2n) is 6.95. The molecule has 6 heteroatoms. The van der Waals surface area contributed by atoms with Gasteiger partial charge in [-0.05, 0) is 23.8 Å². The van der Waals surface area contributed by atoms with Crippen molar-refractivity contribution in [2.75, 3.05) is 38.0 Å². The predicted molar refractivity (Wildman–Crippen MR) is 120 cm³/mol. The highest BCUT2D eigenvalue weighted by Crippen LogP contribution is 2.20. The molecule has 2 heterocycles. The first kappa shape index (κ1) is 19.4. The molecule has 1 aliphatic rings. The molecule has 148 valence electrons. The van der Waals surface area contributed by atoms with Crippen molar-refractivity contribution in [1.82, 2.24) is 14.8 Å². The second kappa shape index (κ2) is 9.49. The third-order valence-corrected chi connectivity index (χ3v) is 5.61. The van der Waals surface area contributed by atoms with Gasteiger partial charge >= 0.3 is 0 Å². The van der Waals surface area contributed by atoms with E-state index in [9.17, 15) is 4.79 Å². The van der Waals surface area contributed by atoms with Gasteiger partial charge in [-0.3, -0.25) is 9.69 Å². The standard InChI is InChI=1S/C23H24N4OS/c28-22(20-9-4-10-21(18-20)25-23-24-11-17-29-23)27-15-13-26(14-16-27)12-5-8-19-6-2-1-3-7-19/h1-11,17-18H,12-16H2,(H,24,25)/b8-5+. The number of carbonyl (C=O) groups excluding carboxylic acids is 1. The molecule has 1 fully saturated rings. The van der Waals surface area contributed by atoms with Crippen molar-refractivity contribution in [2.45, 2.75) is 0 Å². The number of nitrogens with one attached hydrogen (secondary N) is 1. The van der Waals surface area contributed by atoms with Gasteiger partial charge in [-0.25, -0.2) is 4.98 Å². The van der Waals surface area contributed by atoms with Crippen LogP contribution in [0, 0.1) is 0 Å². The predicted octanol–water partition coefficient (Wildman–Crippen LogP) is 4.36. The van der Waals surface area contributed by atoms with Gasteiger partial charge in [0.15, 0.2) is 5.13 Å². The van der Waals surface area contributed by atoms with Gasteiger partial charge in [0.2, 0.25) is 0 Å². The van der Waals surface area contributed by atoms with Crippen molar-refractivity contribution in [3.05, 3.63) is 83.4 Å². The SMILES string of the molecule is O=C(c1cccc(Nc2nccs2)c1)N1CCN(C/C=C/c2ccccc2)CC1. The van der Waals surface area contributed by atoms with Gasteiger partial charge < -0.3 is 10.2 Å². The number of hydrogen-bond donors (Lipinski definition) is 1. The number of hydrogen-bond acceptors (Lipinski definition) is 5. The average Bonchev–Trinajstić information content (AvgIpc) is 3.28. The highest BCUT2D eigenvalue weighted by atomic mass is 32.1. The number of rotatable bonds is 6. The van der Waals surface area contributed by atoms with Gasteiger partial charge in [0.1, 0.15) is 0 Å². The second-order valence-corrected chi connectivity index (χ2v) is 7.84. The van der Waals surface area contributed by atoms with E-state index in [0.717, 1.165) is 43.5 Å². The molecule has 3 aromatic rings. The van der Waals surface area contributed by atoms with Crippen LogP contribution in [0.5, 0.6) is 0 Å². The molecule has 0 spiro atoms. The Labute approximate surface area is 175 Å². The van der Waals surface area contributed by atoms with E-state index in [1.807, 2.05) is 52.7 Å². The Morgan fingerprint density at radius 3 is 2.66 bits per heavy atom. The molecule has 4 rings (SSSR count). The molecule has 1 amide bonds. The zero-order valence-corrected chi connectivity index (χ0v) is 17.0. The summed E-state index contributed by atoms with van der Waals surface area (Å²) in [5, 5.41) is 5.99. The largest absolute Gasteiger partial charge is 0.336 e. The van der Waals surface area contributed by atoms with Crippen LogP contribution in [-0.4, -0.2) is 53.4 Å². The van der Waals surface area contributed by atoms with Gasteiger partial charge in [0, 0.05) is 55.6 Å². The Balaban J connectivity index is 1.29. The number of aromatic nitrogens is 1. The minimum absolute atomic E-state index is 0.0901. The number of nitrogens with zero attached hydrogens (tertiary/aromatic N) is 3. The lowest BCUT2D eigenvalue weighted by atomic mass is 10.1. The molecule has 5 nitrogen and oxygen atoms in total. The smallest absolute Gasteiger partial charge is 0.254 e. The van der Waals surface area contributed by atoms with Crippen molar-refractivity contribution >= 4 is 34.1 Å². The molecule has 0 aliphatic carbocycles. The molecular formula is C23H24N4OS. The molecule has 1 aromatic heterocycles. The third-order valence-electron chi connectivity index (χ3n) is 4.93. The Kier molecular flexibility index (Phi) is 6.34. The van der Waals surface area contributed by atoms with Crippen molar-refractivity contribution in [3.8, 4) is 0 Å². The maximum atomic E-state index is 12.9. The highest BCUT2D eigenvalue weighted by Gasteiger charge is 2.21. The quantitative estimate of drug-likeness (QED) is 0.663. The lowest BCUT2D eigenvalue weighted by Gasteiger charge is -2.34. The fourth-order valence-electron chi connectivity index (χ4n) is 3.36. The number of benzene rings is 2. The van der Waals surface area contributed by atoms with Crippen LogP contribution in [0.15, 0.2) is 72.3 Å². The summed E-state index contributed by atoms with van der Waals surface area (Å²) in [4.78, 5) is 21.5. The molecule has 0 saturated carbocycles. The van der Waals surface area contributed by atoms with Crippen molar-refractivity contribution < 1.29 is 4.79 Å². The zero-order valence-electron chi connectivity index (χ0n) is 16.2. The molecule has 0 unspecified atom stereocenters. The molecule has 1 aliphatic heterocycles. The molecule has 0 bridgehead atoms. The van der Waals surface area contributed by atoms with Crippen LogP contribution in [-0.2, 0) is 0 Å². The lowest BCUT2D eigenvalue weighted by Crippen LogP contribution is -2.48. The van der Waals surface area contributed by atoms with Crippen LogP contribution in [0.25, 0.3) is 6.08 Å². The van der Waals surface area contributed by atoms with Crippen LogP contribution >= 0.6 is 11.3 Å². The van der Waals surface area contributed by atoms with E-state index in [4.69, 9.17) is 0 Å². The maximum absolute atomic E-state index is 12.9. The van der Waals surface area contributed by atoms with E-state index in [-0.39, 0.29) is 5.91 Å². The summed E-state index contributed by atoms with van der Waals surface area (Å²) >= 11 is 1.54. The van der Waals surface area contributed by atoms with Crippen molar-refractivity contribution in [3.63, 3.8) is 0 Å². The minimum atomic E-state index is 0.0901. The summed E-state index contributed by atoms with van der Waals surface area (Å²) in [6.07, 6.45) is 6.11. The molecule has 1 saturated heterocycles. The zero-order chi connectivity index (χ0) is 19.9. The molecule has 0 atom stereocenters. The molecule has 2 aromatic carbocycles. The van der Waals surface area contributed by atoms with E-state index in [0.29, 0.717) is 5.56 Å². The van der Waals surface area contributed by atoms with Crippen LogP contribution in [0.2, 0.25) is 0 Å². The topological polar surface area (TPSA) is 48.5 Å². The van der Waals surface area contributed by atoms with E-state index < -0.39 is 0 Å². The van der Waals surface area contributed by atoms with E-state index in [1.54, 1.807) is 6.20 Å². The normalized spacial score (nSPS) is 15.0. The Bertz CT molecular complexity index is 948. The van der Waals surface area contributed by atoms with Crippen molar-refractivity contribution in [1.29, 1.82) is 0 Å². The summed E-state index contributed by atoms with van der Waals surface area (Å²) in [6, 6.07) is 18.0. The first-order valence-electron chi connectivity index (χ1n) is 9.78. The van der Waals surface area contributed by atoms with Crippen LogP contribution in [0.1, 0.15) is 15.9 Å². The Hall–Kier alpha value is -2.96. The van der Waals surface area contributed by atoms with E-state index in [1.165, 1.54) is 16.9 Å². The number of thiazole rings is 1. The minimum Gasteiger partial charge on any atom is -0.336 e. The number of piperazine rings is 1. The fourth-order valence-corrected chi connectivity index (χ4v) is 3.91. The van der Waals surface area contributed by atoms with Crippen LogP contribution in [0.4, 0.5) is 10.8 Å². The van der Waals surface area contributed by atoms with Gasteiger partial charge in [-0.2, -0.15) is 0 Å². The van der Waals surface area contributed by atoms with Gasteiger partial charge in [-0.1, -0.05) is 48.6 Å². The van der Waals surface area contributed by atoms with Gasteiger partial charge in [-0.15, -0.1) is 11.3 Å². The Morgan fingerprint density at radius 1 is 1.07 bits per heavy atom. The Morgan fingerprint density at radius 2 is 1.90 bits per heavy atom. The average molecular weight is 405 g/mol. The first-order chi connectivity index (χ1) is 14.3. The highest BCUT2D eigenvalue weighted by molar-refractivity contribution is 7.13. The van der Waals surface area contributed by atoms with Crippen LogP contribution in [0.3, 0.4) is 0 Å². The van der Waals surface area contributed by atoms with E-state index in [2.05, 4.69) is 39.5 Å². The molecule has 0 radical (unpaired) electrons. The van der Waals surface area contributed by atoms with Crippen LogP contribution < -0.4 is 5.32 Å².